The van der Waals surface area contributed by atoms with Gasteiger partial charge in [-0.3, -0.25) is 10.1 Å². The largest absolute Gasteiger partial charge is 0.480 e. The molecule has 0 saturated heterocycles. The monoisotopic (exact) mass is 299 g/mol. The van der Waals surface area contributed by atoms with Gasteiger partial charge in [-0.05, 0) is 58.8 Å². The van der Waals surface area contributed by atoms with Gasteiger partial charge in [-0.2, -0.15) is 0 Å². The zero-order valence-electron chi connectivity index (χ0n) is 14.2. The van der Waals surface area contributed by atoms with E-state index in [1.165, 1.54) is 25.7 Å². The molecule has 0 aromatic rings. The Balaban J connectivity index is 2.23. The van der Waals surface area contributed by atoms with Crippen LogP contribution in [0, 0.1) is 5.92 Å². The average molecular weight is 299 g/mol. The van der Waals surface area contributed by atoms with Crippen molar-refractivity contribution in [2.24, 2.45) is 5.92 Å². The summed E-state index contributed by atoms with van der Waals surface area (Å²) in [6.07, 6.45) is 7.95. The Morgan fingerprint density at radius 2 is 2.00 bits per heavy atom. The first-order valence-corrected chi connectivity index (χ1v) is 8.48. The number of rotatable bonds is 9. The molecule has 0 heterocycles. The molecular weight excluding hydrogens is 266 g/mol. The lowest BCUT2D eigenvalue weighted by molar-refractivity contribution is -0.144. The summed E-state index contributed by atoms with van der Waals surface area (Å²) in [6, 6.07) is 0.172. The summed E-state index contributed by atoms with van der Waals surface area (Å²) < 4.78 is 5.98. The molecule has 124 valence electrons. The molecule has 1 fully saturated rings. The van der Waals surface area contributed by atoms with Crippen molar-refractivity contribution in [2.75, 3.05) is 6.61 Å². The summed E-state index contributed by atoms with van der Waals surface area (Å²) in [4.78, 5) is 11.4. The molecule has 3 atom stereocenters. The first-order valence-electron chi connectivity index (χ1n) is 8.48. The van der Waals surface area contributed by atoms with Crippen LogP contribution in [0.4, 0.5) is 0 Å². The van der Waals surface area contributed by atoms with Gasteiger partial charge in [0.25, 0.3) is 0 Å². The van der Waals surface area contributed by atoms with Crippen LogP contribution in [-0.4, -0.2) is 35.4 Å². The second-order valence-electron chi connectivity index (χ2n) is 7.06. The van der Waals surface area contributed by atoms with E-state index in [9.17, 15) is 9.90 Å². The fourth-order valence-corrected chi connectivity index (χ4v) is 3.22. The maximum Gasteiger partial charge on any atom is 0.323 e. The normalized spacial score (nSPS) is 25.8. The SMILES string of the molecule is CC(C)NC(C)(CCCCOC1CCCCC1C)C(=O)O. The minimum absolute atomic E-state index is 0.172. The summed E-state index contributed by atoms with van der Waals surface area (Å²) >= 11 is 0. The van der Waals surface area contributed by atoms with Crippen LogP contribution in [0.15, 0.2) is 0 Å². The highest BCUT2D eigenvalue weighted by molar-refractivity contribution is 5.78. The van der Waals surface area contributed by atoms with Crippen LogP contribution in [0.3, 0.4) is 0 Å². The number of carbonyl (C=O) groups is 1. The predicted octanol–water partition coefficient (Wildman–Crippen LogP) is 3.59. The van der Waals surface area contributed by atoms with Gasteiger partial charge in [0.15, 0.2) is 0 Å². The lowest BCUT2D eigenvalue weighted by atomic mass is 9.88. The zero-order valence-corrected chi connectivity index (χ0v) is 14.2. The lowest BCUT2D eigenvalue weighted by Crippen LogP contribution is -2.52. The zero-order chi connectivity index (χ0) is 15.9. The molecule has 0 aromatic heterocycles. The first-order chi connectivity index (χ1) is 9.85. The van der Waals surface area contributed by atoms with Crippen LogP contribution in [0.2, 0.25) is 0 Å². The minimum Gasteiger partial charge on any atom is -0.480 e. The molecule has 1 aliphatic carbocycles. The van der Waals surface area contributed by atoms with E-state index < -0.39 is 11.5 Å². The van der Waals surface area contributed by atoms with Crippen LogP contribution in [0.25, 0.3) is 0 Å². The number of carboxylic acids is 1. The smallest absolute Gasteiger partial charge is 0.323 e. The van der Waals surface area contributed by atoms with Gasteiger partial charge in [0.05, 0.1) is 6.10 Å². The standard InChI is InChI=1S/C17H33NO3/c1-13(2)18-17(4,16(19)20)11-7-8-12-21-15-10-6-5-9-14(15)3/h13-15,18H,5-12H2,1-4H3,(H,19,20). The summed E-state index contributed by atoms with van der Waals surface area (Å²) in [7, 11) is 0. The quantitative estimate of drug-likeness (QED) is 0.639. The molecule has 2 N–H and O–H groups in total. The molecular formula is C17H33NO3. The van der Waals surface area contributed by atoms with Crippen molar-refractivity contribution in [1.29, 1.82) is 0 Å². The van der Waals surface area contributed by atoms with E-state index in [1.807, 2.05) is 13.8 Å². The van der Waals surface area contributed by atoms with E-state index in [4.69, 9.17) is 4.74 Å². The number of unbranched alkanes of at least 4 members (excludes halogenated alkanes) is 1. The molecule has 0 amide bonds. The van der Waals surface area contributed by atoms with Crippen LogP contribution in [-0.2, 0) is 9.53 Å². The van der Waals surface area contributed by atoms with Crippen molar-refractivity contribution >= 4 is 5.97 Å². The summed E-state index contributed by atoms with van der Waals surface area (Å²) in [5.74, 6) is -0.0938. The van der Waals surface area contributed by atoms with Gasteiger partial charge in [-0.1, -0.05) is 19.8 Å². The number of hydrogen-bond donors (Lipinski definition) is 2. The van der Waals surface area contributed by atoms with E-state index >= 15 is 0 Å². The molecule has 1 rings (SSSR count). The summed E-state index contributed by atoms with van der Waals surface area (Å²) in [5.41, 5.74) is -0.827. The van der Waals surface area contributed by atoms with Gasteiger partial charge >= 0.3 is 5.97 Å². The molecule has 3 unspecified atom stereocenters. The molecule has 0 spiro atoms. The number of nitrogens with one attached hydrogen (secondary N) is 1. The molecule has 0 bridgehead atoms. The Morgan fingerprint density at radius 3 is 2.57 bits per heavy atom. The maximum absolute atomic E-state index is 11.4. The first kappa shape index (κ1) is 18.4. The van der Waals surface area contributed by atoms with Gasteiger partial charge in [0, 0.05) is 12.6 Å². The Morgan fingerprint density at radius 1 is 1.33 bits per heavy atom. The van der Waals surface area contributed by atoms with Gasteiger partial charge in [-0.15, -0.1) is 0 Å². The van der Waals surface area contributed by atoms with Crippen molar-refractivity contribution in [2.45, 2.75) is 90.3 Å². The maximum atomic E-state index is 11.4. The molecule has 4 heteroatoms. The average Bonchev–Trinajstić information content (AvgIpc) is 2.39. The second-order valence-corrected chi connectivity index (χ2v) is 7.06. The number of hydrogen-bond acceptors (Lipinski definition) is 3. The van der Waals surface area contributed by atoms with Gasteiger partial charge in [0.2, 0.25) is 0 Å². The molecule has 1 aliphatic rings. The molecule has 0 radical (unpaired) electrons. The van der Waals surface area contributed by atoms with Crippen LogP contribution in [0.5, 0.6) is 0 Å². The third kappa shape index (κ3) is 6.35. The van der Waals surface area contributed by atoms with Crippen LogP contribution < -0.4 is 5.32 Å². The third-order valence-electron chi connectivity index (χ3n) is 4.52. The summed E-state index contributed by atoms with van der Waals surface area (Å²) in [5, 5.41) is 12.5. The molecule has 0 aromatic carbocycles. The van der Waals surface area contributed by atoms with E-state index in [0.29, 0.717) is 18.4 Å². The third-order valence-corrected chi connectivity index (χ3v) is 4.52. The van der Waals surface area contributed by atoms with Crippen molar-refractivity contribution in [1.82, 2.24) is 5.32 Å². The number of aliphatic carboxylic acids is 1. The van der Waals surface area contributed by atoms with Crippen molar-refractivity contribution in [3.63, 3.8) is 0 Å². The second kappa shape index (κ2) is 8.74. The minimum atomic E-state index is -0.827. The van der Waals surface area contributed by atoms with Crippen molar-refractivity contribution < 1.29 is 14.6 Å². The fourth-order valence-electron chi connectivity index (χ4n) is 3.22. The highest BCUT2D eigenvalue weighted by Gasteiger charge is 2.32. The lowest BCUT2D eigenvalue weighted by Gasteiger charge is -2.30. The number of ether oxygens (including phenoxy) is 1. The predicted molar refractivity (Wildman–Crippen MR) is 85.5 cm³/mol. The summed E-state index contributed by atoms with van der Waals surface area (Å²) in [6.45, 7) is 8.77. The Kier molecular flexibility index (Phi) is 7.67. The molecule has 0 aliphatic heterocycles. The van der Waals surface area contributed by atoms with Gasteiger partial charge in [-0.25, -0.2) is 0 Å². The Labute approximate surface area is 129 Å². The van der Waals surface area contributed by atoms with E-state index in [0.717, 1.165) is 19.4 Å². The highest BCUT2D eigenvalue weighted by atomic mass is 16.5. The van der Waals surface area contributed by atoms with Crippen molar-refractivity contribution in [3.05, 3.63) is 0 Å². The van der Waals surface area contributed by atoms with Crippen molar-refractivity contribution in [3.8, 4) is 0 Å². The van der Waals surface area contributed by atoms with Gasteiger partial charge < -0.3 is 9.84 Å². The van der Waals surface area contributed by atoms with Crippen LogP contribution >= 0.6 is 0 Å². The van der Waals surface area contributed by atoms with Crippen LogP contribution in [0.1, 0.15) is 72.6 Å². The Bertz CT molecular complexity index is 319. The molecule has 21 heavy (non-hydrogen) atoms. The fraction of sp³-hybridized carbons (Fsp3) is 0.941. The Hall–Kier alpha value is -0.610. The molecule has 1 saturated carbocycles. The van der Waals surface area contributed by atoms with Gasteiger partial charge in [0.1, 0.15) is 5.54 Å². The van der Waals surface area contributed by atoms with E-state index in [1.54, 1.807) is 6.92 Å². The van der Waals surface area contributed by atoms with E-state index in [-0.39, 0.29) is 6.04 Å². The topological polar surface area (TPSA) is 58.6 Å². The highest BCUT2D eigenvalue weighted by Crippen LogP contribution is 2.26. The number of carboxylic acid groups (broad SMARTS) is 1. The van der Waals surface area contributed by atoms with E-state index in [2.05, 4.69) is 12.2 Å². The molecule has 4 nitrogen and oxygen atoms in total.